The molecule has 2 aromatic carbocycles. The number of nitrogens with zero attached hydrogens (tertiary/aromatic N) is 2. The van der Waals surface area contributed by atoms with Gasteiger partial charge < -0.3 is 4.74 Å². The fraction of sp³-hybridized carbons (Fsp3) is 0.333. The summed E-state index contributed by atoms with van der Waals surface area (Å²) in [6.45, 7) is 4.27. The van der Waals surface area contributed by atoms with E-state index in [1.54, 1.807) is 24.3 Å². The number of carbonyl (C=O) groups excluding carboxylic acids is 1. The van der Waals surface area contributed by atoms with Gasteiger partial charge in [0.25, 0.3) is 0 Å². The lowest BCUT2D eigenvalue weighted by Crippen LogP contribution is -2.26. The van der Waals surface area contributed by atoms with Gasteiger partial charge in [-0.05, 0) is 30.7 Å². The molecule has 0 spiro atoms. The SMILES string of the molecule is CCOc1ccccc1[C@@H]1CC(c2ccc(NS(C)(=O)=O)cc2)=NN1C(=O)CC. The number of hydrogen-bond donors (Lipinski definition) is 1. The quantitative estimate of drug-likeness (QED) is 0.749. The Morgan fingerprint density at radius 2 is 1.86 bits per heavy atom. The summed E-state index contributed by atoms with van der Waals surface area (Å²) in [5.41, 5.74) is 3.02. The number of nitrogens with one attached hydrogen (secondary N) is 1. The lowest BCUT2D eigenvalue weighted by Gasteiger charge is -2.23. The first-order chi connectivity index (χ1) is 13.8. The Hall–Kier alpha value is -2.87. The van der Waals surface area contributed by atoms with E-state index in [9.17, 15) is 13.2 Å². The molecule has 1 heterocycles. The van der Waals surface area contributed by atoms with E-state index in [-0.39, 0.29) is 11.9 Å². The first-order valence-electron chi connectivity index (χ1n) is 9.52. The zero-order valence-electron chi connectivity index (χ0n) is 16.8. The monoisotopic (exact) mass is 415 g/mol. The molecule has 1 amide bonds. The van der Waals surface area contributed by atoms with Crippen LogP contribution in [-0.2, 0) is 14.8 Å². The standard InChI is InChI=1S/C21H25N3O4S/c1-4-21(25)24-19(17-8-6-7-9-20(17)28-5-2)14-18(22-24)15-10-12-16(13-11-15)23-29(3,26)27/h6-13,19,23H,4-5,14H2,1-3H3/t19-/m0/s1. The van der Waals surface area contributed by atoms with Crippen LogP contribution in [-0.4, -0.2) is 37.9 Å². The van der Waals surface area contributed by atoms with Crippen molar-refractivity contribution < 1.29 is 17.9 Å². The van der Waals surface area contributed by atoms with Crippen molar-refractivity contribution >= 4 is 27.3 Å². The minimum absolute atomic E-state index is 0.0633. The van der Waals surface area contributed by atoms with E-state index >= 15 is 0 Å². The van der Waals surface area contributed by atoms with Crippen LogP contribution in [0.5, 0.6) is 5.75 Å². The van der Waals surface area contributed by atoms with Crippen molar-refractivity contribution in [2.75, 3.05) is 17.6 Å². The van der Waals surface area contributed by atoms with Crippen LogP contribution in [0.2, 0.25) is 0 Å². The van der Waals surface area contributed by atoms with Crippen molar-refractivity contribution in [3.63, 3.8) is 0 Å². The maximum Gasteiger partial charge on any atom is 0.242 e. The predicted octanol–water partition coefficient (Wildman–Crippen LogP) is 3.54. The molecule has 0 saturated heterocycles. The van der Waals surface area contributed by atoms with E-state index in [1.807, 2.05) is 38.1 Å². The molecule has 154 valence electrons. The minimum atomic E-state index is -3.33. The van der Waals surface area contributed by atoms with Crippen molar-refractivity contribution in [2.45, 2.75) is 32.7 Å². The Kier molecular flexibility index (Phi) is 6.22. The highest BCUT2D eigenvalue weighted by Crippen LogP contribution is 2.37. The van der Waals surface area contributed by atoms with Gasteiger partial charge in [-0.15, -0.1) is 0 Å². The zero-order valence-corrected chi connectivity index (χ0v) is 17.6. The fourth-order valence-corrected chi connectivity index (χ4v) is 3.87. The van der Waals surface area contributed by atoms with Crippen LogP contribution in [0.3, 0.4) is 0 Å². The molecule has 0 unspecified atom stereocenters. The predicted molar refractivity (Wildman–Crippen MR) is 114 cm³/mol. The van der Waals surface area contributed by atoms with Crippen LogP contribution in [0.15, 0.2) is 53.6 Å². The number of ether oxygens (including phenoxy) is 1. The van der Waals surface area contributed by atoms with Crippen molar-refractivity contribution in [1.82, 2.24) is 5.01 Å². The third-order valence-electron chi connectivity index (χ3n) is 4.57. The number of sulfonamides is 1. The number of para-hydroxylation sites is 1. The Morgan fingerprint density at radius 3 is 2.48 bits per heavy atom. The molecule has 29 heavy (non-hydrogen) atoms. The summed E-state index contributed by atoms with van der Waals surface area (Å²) in [6.07, 6.45) is 2.01. The number of rotatable bonds is 7. The maximum absolute atomic E-state index is 12.6. The van der Waals surface area contributed by atoms with Crippen molar-refractivity contribution in [3.8, 4) is 5.75 Å². The van der Waals surface area contributed by atoms with E-state index in [0.717, 1.165) is 28.8 Å². The van der Waals surface area contributed by atoms with Gasteiger partial charge in [-0.2, -0.15) is 5.10 Å². The highest BCUT2D eigenvalue weighted by Gasteiger charge is 2.34. The molecule has 0 aromatic heterocycles. The molecule has 7 nitrogen and oxygen atoms in total. The minimum Gasteiger partial charge on any atom is -0.494 e. The molecular formula is C21H25N3O4S. The molecule has 1 atom stereocenters. The molecular weight excluding hydrogens is 390 g/mol. The molecule has 1 aliphatic rings. The third-order valence-corrected chi connectivity index (χ3v) is 5.17. The van der Waals surface area contributed by atoms with E-state index in [0.29, 0.717) is 25.1 Å². The lowest BCUT2D eigenvalue weighted by molar-refractivity contribution is -0.132. The van der Waals surface area contributed by atoms with Crippen LogP contribution in [0.4, 0.5) is 5.69 Å². The number of hydrazone groups is 1. The Morgan fingerprint density at radius 1 is 1.17 bits per heavy atom. The molecule has 0 bridgehead atoms. The van der Waals surface area contributed by atoms with Gasteiger partial charge in [0.1, 0.15) is 5.75 Å². The Bertz CT molecular complexity index is 1020. The topological polar surface area (TPSA) is 88.1 Å². The van der Waals surface area contributed by atoms with Crippen LogP contribution >= 0.6 is 0 Å². The smallest absolute Gasteiger partial charge is 0.242 e. The molecule has 2 aromatic rings. The van der Waals surface area contributed by atoms with E-state index in [2.05, 4.69) is 9.82 Å². The molecule has 0 saturated carbocycles. The number of amides is 1. The normalized spacial score (nSPS) is 16.4. The number of hydrogen-bond acceptors (Lipinski definition) is 5. The lowest BCUT2D eigenvalue weighted by atomic mass is 9.97. The van der Waals surface area contributed by atoms with Gasteiger partial charge in [0.15, 0.2) is 0 Å². The maximum atomic E-state index is 12.6. The van der Waals surface area contributed by atoms with Gasteiger partial charge in [-0.3, -0.25) is 9.52 Å². The van der Waals surface area contributed by atoms with E-state index < -0.39 is 10.0 Å². The molecule has 3 rings (SSSR count). The Balaban J connectivity index is 1.91. The van der Waals surface area contributed by atoms with E-state index in [4.69, 9.17) is 4.74 Å². The summed E-state index contributed by atoms with van der Waals surface area (Å²) in [4.78, 5) is 12.6. The summed E-state index contributed by atoms with van der Waals surface area (Å²) in [6, 6.07) is 14.4. The van der Waals surface area contributed by atoms with Gasteiger partial charge in [0.2, 0.25) is 15.9 Å². The molecule has 0 aliphatic carbocycles. The van der Waals surface area contributed by atoms with Crippen molar-refractivity contribution in [1.29, 1.82) is 0 Å². The summed E-state index contributed by atoms with van der Waals surface area (Å²) in [7, 11) is -3.33. The largest absolute Gasteiger partial charge is 0.494 e. The number of anilines is 1. The summed E-state index contributed by atoms with van der Waals surface area (Å²) in [5.74, 6) is 0.685. The first kappa shape index (κ1) is 20.9. The van der Waals surface area contributed by atoms with Crippen molar-refractivity contribution in [3.05, 3.63) is 59.7 Å². The molecule has 0 fully saturated rings. The average Bonchev–Trinajstić information content (AvgIpc) is 3.12. The van der Waals surface area contributed by atoms with Crippen molar-refractivity contribution in [2.24, 2.45) is 5.10 Å². The summed E-state index contributed by atoms with van der Waals surface area (Å²) < 4.78 is 31.0. The average molecular weight is 416 g/mol. The second kappa shape index (κ2) is 8.65. The van der Waals surface area contributed by atoms with Crippen LogP contribution in [0.25, 0.3) is 0 Å². The summed E-state index contributed by atoms with van der Waals surface area (Å²) >= 11 is 0. The van der Waals surface area contributed by atoms with Gasteiger partial charge in [-0.25, -0.2) is 13.4 Å². The highest BCUT2D eigenvalue weighted by molar-refractivity contribution is 7.92. The summed E-state index contributed by atoms with van der Waals surface area (Å²) in [5, 5.41) is 6.14. The molecule has 0 radical (unpaired) electrons. The fourth-order valence-electron chi connectivity index (χ4n) is 3.31. The second-order valence-corrected chi connectivity index (χ2v) is 8.53. The third kappa shape index (κ3) is 4.95. The number of benzene rings is 2. The molecule has 8 heteroatoms. The molecule has 1 aliphatic heterocycles. The Labute approximate surface area is 171 Å². The van der Waals surface area contributed by atoms with Crippen LogP contribution < -0.4 is 9.46 Å². The zero-order chi connectivity index (χ0) is 21.0. The second-order valence-electron chi connectivity index (χ2n) is 6.78. The van der Waals surface area contributed by atoms with Crippen LogP contribution in [0.1, 0.15) is 43.9 Å². The highest BCUT2D eigenvalue weighted by atomic mass is 32.2. The van der Waals surface area contributed by atoms with Gasteiger partial charge in [0, 0.05) is 24.1 Å². The number of carbonyl (C=O) groups is 1. The molecule has 1 N–H and O–H groups in total. The van der Waals surface area contributed by atoms with Crippen LogP contribution in [0, 0.1) is 0 Å². The van der Waals surface area contributed by atoms with Gasteiger partial charge in [0.05, 0.1) is 24.6 Å². The van der Waals surface area contributed by atoms with Gasteiger partial charge in [-0.1, -0.05) is 37.3 Å². The first-order valence-corrected chi connectivity index (χ1v) is 11.4. The van der Waals surface area contributed by atoms with Gasteiger partial charge >= 0.3 is 0 Å². The van der Waals surface area contributed by atoms with E-state index in [1.165, 1.54) is 5.01 Å².